The fourth-order valence-electron chi connectivity index (χ4n) is 2.63. The van der Waals surface area contributed by atoms with Gasteiger partial charge in [0.1, 0.15) is 0 Å². The average Bonchev–Trinajstić information content (AvgIpc) is 2.84. The lowest BCUT2D eigenvalue weighted by molar-refractivity contribution is 0.177. The van der Waals surface area contributed by atoms with Gasteiger partial charge in [-0.2, -0.15) is 0 Å². The van der Waals surface area contributed by atoms with Gasteiger partial charge in [0, 0.05) is 18.6 Å². The first kappa shape index (κ1) is 12.6. The van der Waals surface area contributed by atoms with Crippen LogP contribution < -0.4 is 5.32 Å². The summed E-state index contributed by atoms with van der Waals surface area (Å²) in [5, 5.41) is 3.46. The Morgan fingerprint density at radius 3 is 2.88 bits per heavy atom. The molecule has 17 heavy (non-hydrogen) atoms. The van der Waals surface area contributed by atoms with Crippen molar-refractivity contribution in [2.24, 2.45) is 5.92 Å². The van der Waals surface area contributed by atoms with Crippen molar-refractivity contribution in [1.82, 2.24) is 5.32 Å². The number of ether oxygens (including phenoxy) is 1. The van der Waals surface area contributed by atoms with Crippen LogP contribution in [0.15, 0.2) is 18.2 Å². The highest BCUT2D eigenvalue weighted by atomic mass is 16.5. The third-order valence-corrected chi connectivity index (χ3v) is 3.85. The van der Waals surface area contributed by atoms with Crippen molar-refractivity contribution in [3.63, 3.8) is 0 Å². The number of hydrogen-bond donors (Lipinski definition) is 1. The van der Waals surface area contributed by atoms with Crippen molar-refractivity contribution < 1.29 is 4.74 Å². The number of likely N-dealkylation sites (N-methyl/N-ethyl adjacent to an activating group) is 1. The molecule has 1 aromatic rings. The number of rotatable bonds is 4. The van der Waals surface area contributed by atoms with Gasteiger partial charge in [-0.15, -0.1) is 0 Å². The Balaban J connectivity index is 2.09. The molecule has 1 heterocycles. The lowest BCUT2D eigenvalue weighted by Crippen LogP contribution is -2.36. The molecule has 2 heteroatoms. The second kappa shape index (κ2) is 5.65. The van der Waals surface area contributed by atoms with Crippen LogP contribution in [-0.4, -0.2) is 26.3 Å². The van der Waals surface area contributed by atoms with E-state index in [1.54, 1.807) is 0 Å². The molecule has 1 aliphatic heterocycles. The van der Waals surface area contributed by atoms with Crippen LogP contribution in [-0.2, 0) is 11.2 Å². The van der Waals surface area contributed by atoms with Crippen molar-refractivity contribution in [3.8, 4) is 0 Å². The van der Waals surface area contributed by atoms with Crippen LogP contribution in [0.3, 0.4) is 0 Å². The maximum Gasteiger partial charge on any atom is 0.0510 e. The molecule has 1 N–H and O–H groups in total. The summed E-state index contributed by atoms with van der Waals surface area (Å²) in [6.07, 6.45) is 2.30. The fourth-order valence-corrected chi connectivity index (χ4v) is 2.63. The van der Waals surface area contributed by atoms with E-state index in [-0.39, 0.29) is 0 Å². The molecule has 0 radical (unpaired) electrons. The number of nitrogens with one attached hydrogen (secondary N) is 1. The highest BCUT2D eigenvalue weighted by Gasteiger charge is 2.24. The summed E-state index contributed by atoms with van der Waals surface area (Å²) < 4.78 is 5.49. The second-order valence-electron chi connectivity index (χ2n) is 5.15. The van der Waals surface area contributed by atoms with Gasteiger partial charge in [0.2, 0.25) is 0 Å². The van der Waals surface area contributed by atoms with Gasteiger partial charge in [-0.3, -0.25) is 0 Å². The zero-order chi connectivity index (χ0) is 12.3. The molecule has 2 nitrogen and oxygen atoms in total. The van der Waals surface area contributed by atoms with Crippen molar-refractivity contribution >= 4 is 0 Å². The minimum atomic E-state index is 0.540. The summed E-state index contributed by atoms with van der Waals surface area (Å²) in [5.41, 5.74) is 4.22. The molecule has 1 aromatic carbocycles. The minimum Gasteiger partial charge on any atom is -0.381 e. The largest absolute Gasteiger partial charge is 0.381 e. The van der Waals surface area contributed by atoms with E-state index < -0.39 is 0 Å². The van der Waals surface area contributed by atoms with Gasteiger partial charge < -0.3 is 10.1 Å². The van der Waals surface area contributed by atoms with Crippen LogP contribution in [0.4, 0.5) is 0 Å². The van der Waals surface area contributed by atoms with Crippen LogP contribution >= 0.6 is 0 Å². The molecule has 2 atom stereocenters. The molecule has 2 rings (SSSR count). The molecule has 0 saturated carbocycles. The van der Waals surface area contributed by atoms with Crippen LogP contribution in [0.2, 0.25) is 0 Å². The average molecular weight is 233 g/mol. The van der Waals surface area contributed by atoms with Crippen LogP contribution in [0.5, 0.6) is 0 Å². The number of hydrogen-bond acceptors (Lipinski definition) is 2. The first-order chi connectivity index (χ1) is 8.20. The third-order valence-electron chi connectivity index (χ3n) is 3.85. The molecule has 0 aliphatic carbocycles. The number of aryl methyl sites for hydroxylation is 2. The predicted molar refractivity (Wildman–Crippen MR) is 71.4 cm³/mol. The Hall–Kier alpha value is -0.860. The van der Waals surface area contributed by atoms with E-state index in [1.807, 2.05) is 0 Å². The fraction of sp³-hybridized carbons (Fsp3) is 0.600. The van der Waals surface area contributed by atoms with E-state index in [1.165, 1.54) is 23.1 Å². The highest BCUT2D eigenvalue weighted by Crippen LogP contribution is 2.21. The molecule has 1 fully saturated rings. The summed E-state index contributed by atoms with van der Waals surface area (Å²) in [4.78, 5) is 0. The monoisotopic (exact) mass is 233 g/mol. The number of benzene rings is 1. The van der Waals surface area contributed by atoms with Gasteiger partial charge in [0.05, 0.1) is 6.61 Å². The molecule has 1 aliphatic rings. The summed E-state index contributed by atoms with van der Waals surface area (Å²) >= 11 is 0. The lowest BCUT2D eigenvalue weighted by atomic mass is 9.90. The molecule has 94 valence electrons. The normalized spacial score (nSPS) is 21.7. The highest BCUT2D eigenvalue weighted by molar-refractivity contribution is 5.31. The SMILES string of the molecule is CNC(Cc1cc(C)ccc1C)C1CCOC1. The Bertz CT molecular complexity index is 369. The maximum atomic E-state index is 5.49. The summed E-state index contributed by atoms with van der Waals surface area (Å²) in [6.45, 7) is 6.20. The molecule has 0 bridgehead atoms. The van der Waals surface area contributed by atoms with Crippen molar-refractivity contribution in [2.75, 3.05) is 20.3 Å². The lowest BCUT2D eigenvalue weighted by Gasteiger charge is -2.23. The van der Waals surface area contributed by atoms with E-state index in [0.717, 1.165) is 19.6 Å². The molecule has 2 unspecified atom stereocenters. The van der Waals surface area contributed by atoms with E-state index in [0.29, 0.717) is 12.0 Å². The zero-order valence-corrected chi connectivity index (χ0v) is 11.1. The predicted octanol–water partition coefficient (Wildman–Crippen LogP) is 2.47. The smallest absolute Gasteiger partial charge is 0.0510 e. The van der Waals surface area contributed by atoms with Gasteiger partial charge in [-0.05, 0) is 44.9 Å². The van der Waals surface area contributed by atoms with Crippen molar-refractivity contribution in [3.05, 3.63) is 34.9 Å². The van der Waals surface area contributed by atoms with E-state index in [4.69, 9.17) is 4.74 Å². The molecule has 0 aromatic heterocycles. The van der Waals surface area contributed by atoms with Crippen molar-refractivity contribution in [2.45, 2.75) is 32.7 Å². The van der Waals surface area contributed by atoms with Gasteiger partial charge in [0.15, 0.2) is 0 Å². The third kappa shape index (κ3) is 3.08. The molecule has 1 saturated heterocycles. The van der Waals surface area contributed by atoms with E-state index in [2.05, 4.69) is 44.4 Å². The van der Waals surface area contributed by atoms with Crippen LogP contribution in [0.25, 0.3) is 0 Å². The van der Waals surface area contributed by atoms with Crippen molar-refractivity contribution in [1.29, 1.82) is 0 Å². The Labute approximate surface area is 104 Å². The minimum absolute atomic E-state index is 0.540. The Morgan fingerprint density at radius 2 is 2.24 bits per heavy atom. The maximum absolute atomic E-state index is 5.49. The van der Waals surface area contributed by atoms with Gasteiger partial charge >= 0.3 is 0 Å². The van der Waals surface area contributed by atoms with Gasteiger partial charge in [0.25, 0.3) is 0 Å². The Morgan fingerprint density at radius 1 is 1.41 bits per heavy atom. The first-order valence-corrected chi connectivity index (χ1v) is 6.52. The summed E-state index contributed by atoms with van der Waals surface area (Å²) in [6, 6.07) is 7.27. The Kier molecular flexibility index (Phi) is 4.19. The van der Waals surface area contributed by atoms with Crippen LogP contribution in [0.1, 0.15) is 23.1 Å². The quantitative estimate of drug-likeness (QED) is 0.862. The van der Waals surface area contributed by atoms with Crippen LogP contribution in [0, 0.1) is 19.8 Å². The zero-order valence-electron chi connectivity index (χ0n) is 11.1. The second-order valence-corrected chi connectivity index (χ2v) is 5.15. The molecule has 0 spiro atoms. The molecular weight excluding hydrogens is 210 g/mol. The van der Waals surface area contributed by atoms with E-state index in [9.17, 15) is 0 Å². The standard InChI is InChI=1S/C15H23NO/c1-11-4-5-12(2)14(8-11)9-15(16-3)13-6-7-17-10-13/h4-5,8,13,15-16H,6-7,9-10H2,1-3H3. The first-order valence-electron chi connectivity index (χ1n) is 6.52. The van der Waals surface area contributed by atoms with E-state index >= 15 is 0 Å². The summed E-state index contributed by atoms with van der Waals surface area (Å²) in [7, 11) is 2.06. The molecular formula is C15H23NO. The summed E-state index contributed by atoms with van der Waals surface area (Å²) in [5.74, 6) is 0.667. The topological polar surface area (TPSA) is 21.3 Å². The van der Waals surface area contributed by atoms with Gasteiger partial charge in [-0.1, -0.05) is 23.8 Å². The molecule has 0 amide bonds. The van der Waals surface area contributed by atoms with Gasteiger partial charge in [-0.25, -0.2) is 0 Å².